The third-order valence-corrected chi connectivity index (χ3v) is 10.7. The van der Waals surface area contributed by atoms with Crippen molar-refractivity contribution >= 4 is 27.6 Å². The molecule has 16 heteroatoms. The van der Waals surface area contributed by atoms with Crippen LogP contribution in [-0.4, -0.2) is 82.6 Å². The second kappa shape index (κ2) is 33.4. The van der Waals surface area contributed by atoms with Crippen molar-refractivity contribution in [3.05, 3.63) is 24.3 Å². The van der Waals surface area contributed by atoms with Gasteiger partial charge < -0.3 is 34.0 Å². The average Bonchev–Trinajstić information content (AvgIpc) is 3.91. The molecule has 0 amide bonds. The molecular formula is C40H74O14P2. The fourth-order valence-corrected chi connectivity index (χ4v) is 7.03. The molecule has 0 aromatic rings. The van der Waals surface area contributed by atoms with E-state index in [9.17, 15) is 28.7 Å². The summed E-state index contributed by atoms with van der Waals surface area (Å²) < 4.78 is 53.4. The minimum absolute atomic E-state index is 0.110. The molecule has 0 saturated carbocycles. The highest BCUT2D eigenvalue weighted by atomic mass is 31.2. The Kier molecular flexibility index (Phi) is 31.4. The average molecular weight is 841 g/mol. The highest BCUT2D eigenvalue weighted by Crippen LogP contribution is 2.44. The molecule has 3 unspecified atom stereocenters. The number of phosphoric acid groups is 2. The number of allylic oxidation sites excluding steroid dienone is 3. The number of carbonyl (C=O) groups is 2. The van der Waals surface area contributed by atoms with Crippen molar-refractivity contribution < 1.29 is 66.3 Å². The van der Waals surface area contributed by atoms with Gasteiger partial charge in [-0.2, -0.15) is 0 Å². The van der Waals surface area contributed by atoms with Gasteiger partial charge in [0.15, 0.2) is 6.10 Å². The molecule has 4 N–H and O–H groups in total. The summed E-state index contributed by atoms with van der Waals surface area (Å²) in [4.78, 5) is 52.6. The van der Waals surface area contributed by atoms with Crippen LogP contribution in [-0.2, 0) is 46.5 Å². The lowest BCUT2D eigenvalue weighted by atomic mass is 10.1. The first-order valence-electron chi connectivity index (χ1n) is 21.2. The maximum Gasteiger partial charge on any atom is 0.472 e. The van der Waals surface area contributed by atoms with E-state index in [1.807, 2.05) is 0 Å². The van der Waals surface area contributed by atoms with Crippen LogP contribution in [0.3, 0.4) is 0 Å². The normalized spacial score (nSPS) is 18.0. The molecule has 1 rings (SSSR count). The molecule has 0 bridgehead atoms. The van der Waals surface area contributed by atoms with Crippen molar-refractivity contribution in [1.82, 2.24) is 0 Å². The predicted octanol–water partition coefficient (Wildman–Crippen LogP) is 9.33. The second-order valence-electron chi connectivity index (χ2n) is 14.6. The molecule has 1 aliphatic heterocycles. The number of hydrogen-bond acceptors (Lipinski definition) is 11. The molecule has 1 fully saturated rings. The van der Waals surface area contributed by atoms with Crippen LogP contribution >= 0.6 is 15.6 Å². The van der Waals surface area contributed by atoms with E-state index in [0.29, 0.717) is 25.0 Å². The Morgan fingerprint density at radius 2 is 1.11 bits per heavy atom. The Labute approximate surface area is 336 Å². The van der Waals surface area contributed by atoms with Crippen molar-refractivity contribution in [3.8, 4) is 0 Å². The van der Waals surface area contributed by atoms with E-state index in [4.69, 9.17) is 28.5 Å². The maximum absolute atomic E-state index is 12.6. The van der Waals surface area contributed by atoms with Crippen molar-refractivity contribution in [2.24, 2.45) is 0 Å². The van der Waals surface area contributed by atoms with Crippen LogP contribution in [0.1, 0.15) is 168 Å². The first kappa shape index (κ1) is 52.6. The Balaban J connectivity index is 2.37. The first-order chi connectivity index (χ1) is 26.8. The van der Waals surface area contributed by atoms with Gasteiger partial charge in [-0.3, -0.25) is 23.2 Å². The van der Waals surface area contributed by atoms with Gasteiger partial charge in [-0.15, -0.1) is 0 Å². The molecule has 1 saturated heterocycles. The summed E-state index contributed by atoms with van der Waals surface area (Å²) in [7, 11) is -9.67. The van der Waals surface area contributed by atoms with Gasteiger partial charge in [0.2, 0.25) is 0 Å². The third kappa shape index (κ3) is 33.5. The van der Waals surface area contributed by atoms with Gasteiger partial charge in [0.25, 0.3) is 0 Å². The fourth-order valence-electron chi connectivity index (χ4n) is 5.88. The minimum atomic E-state index is -4.86. The molecule has 0 spiro atoms. The zero-order valence-electron chi connectivity index (χ0n) is 34.2. The van der Waals surface area contributed by atoms with Crippen molar-refractivity contribution in [2.45, 2.75) is 192 Å². The van der Waals surface area contributed by atoms with E-state index in [-0.39, 0.29) is 12.8 Å². The van der Waals surface area contributed by atoms with E-state index in [2.05, 4.69) is 47.2 Å². The van der Waals surface area contributed by atoms with Crippen LogP contribution in [0, 0.1) is 0 Å². The van der Waals surface area contributed by atoms with E-state index in [1.54, 1.807) is 0 Å². The molecule has 56 heavy (non-hydrogen) atoms. The minimum Gasteiger partial charge on any atom is -0.462 e. The van der Waals surface area contributed by atoms with Gasteiger partial charge in [-0.1, -0.05) is 115 Å². The van der Waals surface area contributed by atoms with Gasteiger partial charge in [-0.05, 0) is 64.2 Å². The van der Waals surface area contributed by atoms with Gasteiger partial charge >= 0.3 is 27.6 Å². The zero-order valence-corrected chi connectivity index (χ0v) is 36.0. The van der Waals surface area contributed by atoms with Crippen LogP contribution in [0.5, 0.6) is 0 Å². The van der Waals surface area contributed by atoms with Crippen LogP contribution in [0.2, 0.25) is 0 Å². The SMILES string of the molecule is CCCCCC/C=C\CCCCCCCC(=O)OC[C@H](COP(=O)(O)OC[C@@H](O)COP(=O)(O)O)OC(=O)CCCCCCC/C=C\CC1OC1CCCCC. The molecular weight excluding hydrogens is 766 g/mol. The highest BCUT2D eigenvalue weighted by molar-refractivity contribution is 7.47. The van der Waals surface area contributed by atoms with Crippen LogP contribution in [0.25, 0.3) is 0 Å². The predicted molar refractivity (Wildman–Crippen MR) is 216 cm³/mol. The lowest BCUT2D eigenvalue weighted by Crippen LogP contribution is -2.30. The highest BCUT2D eigenvalue weighted by Gasteiger charge is 2.36. The van der Waals surface area contributed by atoms with E-state index >= 15 is 0 Å². The van der Waals surface area contributed by atoms with Crippen molar-refractivity contribution in [3.63, 3.8) is 0 Å². The van der Waals surface area contributed by atoms with Crippen LogP contribution in [0.15, 0.2) is 24.3 Å². The Hall–Kier alpha value is -1.44. The number of unbranched alkanes of at least 4 members (excludes halogenated alkanes) is 16. The topological polar surface area (TPSA) is 208 Å². The number of aliphatic hydroxyl groups is 1. The molecule has 328 valence electrons. The van der Waals surface area contributed by atoms with E-state index in [1.165, 1.54) is 44.9 Å². The molecule has 1 heterocycles. The standard InChI is InChI=1S/C40H74O14P2/c1-3-5-7-8-9-10-11-12-13-14-18-21-25-29-39(42)49-33-36(34-52-56(47,48)51-32-35(41)31-50-55(44,45)46)53-40(43)30-26-22-19-16-15-17-20-24-28-38-37(54-38)27-23-6-4-2/h10-11,20,24,35-38,41H,3-9,12-19,21-23,25-34H2,1-2H3,(H,47,48)(H2,44,45,46)/b11-10-,24-20-/t35-,36+,37?,38?/m0/s1. The Bertz CT molecular complexity index is 1160. The lowest BCUT2D eigenvalue weighted by molar-refractivity contribution is -0.161. The molecule has 0 radical (unpaired) electrons. The number of phosphoric ester groups is 2. The maximum atomic E-state index is 12.6. The number of esters is 2. The van der Waals surface area contributed by atoms with Gasteiger partial charge in [-0.25, -0.2) is 9.13 Å². The molecule has 5 atom stereocenters. The van der Waals surface area contributed by atoms with E-state index in [0.717, 1.165) is 83.5 Å². The van der Waals surface area contributed by atoms with Crippen LogP contribution < -0.4 is 0 Å². The quantitative estimate of drug-likeness (QED) is 0.0150. The summed E-state index contributed by atoms with van der Waals surface area (Å²) in [5.74, 6) is -1.06. The summed E-state index contributed by atoms with van der Waals surface area (Å²) in [6.45, 7) is 1.68. The van der Waals surface area contributed by atoms with Crippen LogP contribution in [0.4, 0.5) is 0 Å². The number of aliphatic hydroxyl groups excluding tert-OH is 1. The lowest BCUT2D eigenvalue weighted by Gasteiger charge is -2.20. The number of epoxide rings is 1. The van der Waals surface area contributed by atoms with Crippen molar-refractivity contribution in [2.75, 3.05) is 26.4 Å². The van der Waals surface area contributed by atoms with Gasteiger partial charge in [0.1, 0.15) is 12.7 Å². The first-order valence-corrected chi connectivity index (χ1v) is 24.2. The summed E-state index contributed by atoms with van der Waals surface area (Å²) in [5.41, 5.74) is 0. The van der Waals surface area contributed by atoms with Gasteiger partial charge in [0.05, 0.1) is 32.0 Å². The number of rotatable bonds is 39. The second-order valence-corrected chi connectivity index (χ2v) is 17.3. The third-order valence-electron chi connectivity index (χ3n) is 9.23. The molecule has 1 aliphatic rings. The summed E-state index contributed by atoms with van der Waals surface area (Å²) in [6, 6.07) is 0. The molecule has 14 nitrogen and oxygen atoms in total. The summed E-state index contributed by atoms with van der Waals surface area (Å²) >= 11 is 0. The van der Waals surface area contributed by atoms with E-state index < -0.39 is 66.2 Å². The number of ether oxygens (including phenoxy) is 3. The van der Waals surface area contributed by atoms with Gasteiger partial charge in [0, 0.05) is 12.8 Å². The number of hydrogen-bond donors (Lipinski definition) is 4. The largest absolute Gasteiger partial charge is 0.472 e. The molecule has 0 aliphatic carbocycles. The Morgan fingerprint density at radius 3 is 1.71 bits per heavy atom. The summed E-state index contributed by atoms with van der Waals surface area (Å²) in [6.07, 6.45) is 30.6. The van der Waals surface area contributed by atoms with Crippen molar-refractivity contribution in [1.29, 1.82) is 0 Å². The fraction of sp³-hybridized carbons (Fsp3) is 0.850. The number of carbonyl (C=O) groups excluding carboxylic acids is 2. The smallest absolute Gasteiger partial charge is 0.462 e. The molecule has 0 aromatic carbocycles. The zero-order chi connectivity index (χ0) is 41.3. The molecule has 0 aromatic heterocycles. The monoisotopic (exact) mass is 840 g/mol. The Morgan fingerprint density at radius 1 is 0.607 bits per heavy atom. The summed E-state index contributed by atoms with van der Waals surface area (Å²) in [5, 5.41) is 9.73.